The minimum atomic E-state index is -0.735. The molecule has 4 aromatic carbocycles. The number of hydrogen-bond acceptors (Lipinski definition) is 2. The Labute approximate surface area is 172 Å². The summed E-state index contributed by atoms with van der Waals surface area (Å²) in [6, 6.07) is 25.1. The first kappa shape index (κ1) is 19.6. The molecule has 29 heavy (non-hydrogen) atoms. The molecule has 0 heterocycles. The topological polar surface area (TPSA) is 40.5 Å². The lowest BCUT2D eigenvalue weighted by atomic mass is 9.82. The third-order valence-electron chi connectivity index (χ3n) is 6.29. The van der Waals surface area contributed by atoms with Gasteiger partial charge in [-0.05, 0) is 56.6 Å². The van der Waals surface area contributed by atoms with Crippen LogP contribution >= 0.6 is 0 Å². The van der Waals surface area contributed by atoms with Gasteiger partial charge in [-0.3, -0.25) is 0 Å². The summed E-state index contributed by atoms with van der Waals surface area (Å²) in [7, 11) is 0. The Hall–Kier alpha value is -2.68. The Balaban J connectivity index is 2.10. The highest BCUT2D eigenvalue weighted by atomic mass is 16.3. The number of benzene rings is 4. The monoisotopic (exact) mass is 384 g/mol. The first-order valence-corrected chi connectivity index (χ1v) is 10.4. The first-order valence-electron chi connectivity index (χ1n) is 10.4. The number of rotatable bonds is 6. The quantitative estimate of drug-likeness (QED) is 0.413. The Kier molecular flexibility index (Phi) is 5.40. The smallest absolute Gasteiger partial charge is 0.0688 e. The van der Waals surface area contributed by atoms with Crippen molar-refractivity contribution in [1.82, 2.24) is 0 Å². The molecule has 0 aliphatic rings. The van der Waals surface area contributed by atoms with Crippen LogP contribution in [-0.4, -0.2) is 15.8 Å². The molecule has 0 amide bonds. The Morgan fingerprint density at radius 3 is 1.66 bits per heavy atom. The maximum absolute atomic E-state index is 11.1. The zero-order valence-electron chi connectivity index (χ0n) is 17.2. The Morgan fingerprint density at radius 1 is 0.655 bits per heavy atom. The zero-order valence-corrected chi connectivity index (χ0v) is 17.2. The van der Waals surface area contributed by atoms with Gasteiger partial charge in [0.2, 0.25) is 0 Å². The van der Waals surface area contributed by atoms with Crippen molar-refractivity contribution in [2.75, 3.05) is 0 Å². The highest BCUT2D eigenvalue weighted by Gasteiger charge is 2.26. The third kappa shape index (κ3) is 3.55. The molecular weight excluding hydrogens is 356 g/mol. The van der Waals surface area contributed by atoms with Crippen LogP contribution in [0, 0.1) is 0 Å². The lowest BCUT2D eigenvalue weighted by Gasteiger charge is -2.28. The molecule has 0 radical (unpaired) electrons. The molecule has 0 fully saturated rings. The summed E-state index contributed by atoms with van der Waals surface area (Å²) in [6.07, 6.45) is 2.00. The summed E-state index contributed by atoms with van der Waals surface area (Å²) < 4.78 is 0. The van der Waals surface area contributed by atoms with Crippen LogP contribution in [0.15, 0.2) is 72.8 Å². The van der Waals surface area contributed by atoms with E-state index in [0.29, 0.717) is 19.3 Å². The number of aliphatic hydroxyl groups excluding tert-OH is 1. The summed E-state index contributed by atoms with van der Waals surface area (Å²) in [5.74, 6) is 0. The van der Waals surface area contributed by atoms with Gasteiger partial charge in [0.15, 0.2) is 0 Å². The molecule has 148 valence electrons. The average molecular weight is 385 g/mol. The lowest BCUT2D eigenvalue weighted by molar-refractivity contribution is 0.0328. The molecule has 0 saturated heterocycles. The molecular formula is C27H28O2. The fourth-order valence-electron chi connectivity index (χ4n) is 4.36. The van der Waals surface area contributed by atoms with Gasteiger partial charge in [-0.15, -0.1) is 0 Å². The van der Waals surface area contributed by atoms with E-state index in [2.05, 4.69) is 54.6 Å². The molecule has 0 saturated carbocycles. The van der Waals surface area contributed by atoms with Gasteiger partial charge in [-0.25, -0.2) is 0 Å². The highest BCUT2D eigenvalue weighted by Crippen LogP contribution is 2.40. The Bertz CT molecular complexity index is 1160. The first-order chi connectivity index (χ1) is 14.1. The largest absolute Gasteiger partial charge is 0.392 e. The third-order valence-corrected chi connectivity index (χ3v) is 6.29. The lowest BCUT2D eigenvalue weighted by Crippen LogP contribution is -2.29. The normalized spacial score (nSPS) is 12.0. The van der Waals surface area contributed by atoms with Gasteiger partial charge in [0.1, 0.15) is 0 Å². The van der Waals surface area contributed by atoms with Crippen LogP contribution in [0.4, 0.5) is 0 Å². The van der Waals surface area contributed by atoms with Crippen LogP contribution in [0.3, 0.4) is 0 Å². The van der Waals surface area contributed by atoms with E-state index in [4.69, 9.17) is 0 Å². The van der Waals surface area contributed by atoms with E-state index in [1.165, 1.54) is 5.39 Å². The summed E-state index contributed by atoms with van der Waals surface area (Å²) >= 11 is 0. The zero-order chi connectivity index (χ0) is 20.4. The van der Waals surface area contributed by atoms with Gasteiger partial charge in [-0.2, -0.15) is 0 Å². The van der Waals surface area contributed by atoms with Gasteiger partial charge >= 0.3 is 0 Å². The molecule has 2 N–H and O–H groups in total. The van der Waals surface area contributed by atoms with Crippen molar-refractivity contribution in [3.8, 4) is 11.1 Å². The molecule has 2 nitrogen and oxygen atoms in total. The van der Waals surface area contributed by atoms with Gasteiger partial charge in [-0.1, -0.05) is 86.6 Å². The molecule has 0 aliphatic heterocycles. The molecule has 0 aromatic heterocycles. The summed E-state index contributed by atoms with van der Waals surface area (Å²) in [4.78, 5) is 0. The summed E-state index contributed by atoms with van der Waals surface area (Å²) in [5, 5.41) is 25.9. The number of hydrogen-bond donors (Lipinski definition) is 2. The summed E-state index contributed by atoms with van der Waals surface area (Å²) in [5.41, 5.74) is 3.51. The fraction of sp³-hybridized carbons (Fsp3) is 0.259. The maximum Gasteiger partial charge on any atom is 0.0688 e. The number of aliphatic hydroxyl groups is 2. The highest BCUT2D eigenvalue weighted by molar-refractivity contribution is 6.07. The summed E-state index contributed by atoms with van der Waals surface area (Å²) in [6.45, 7) is 4.07. The van der Waals surface area contributed by atoms with Crippen molar-refractivity contribution in [3.63, 3.8) is 0 Å². The van der Waals surface area contributed by atoms with E-state index < -0.39 is 5.60 Å². The fourth-order valence-corrected chi connectivity index (χ4v) is 4.36. The minimum Gasteiger partial charge on any atom is -0.392 e. The molecule has 0 bridgehead atoms. The van der Waals surface area contributed by atoms with Gasteiger partial charge in [0, 0.05) is 6.42 Å². The van der Waals surface area contributed by atoms with Gasteiger partial charge in [0.25, 0.3) is 0 Å². The van der Waals surface area contributed by atoms with E-state index in [0.717, 1.165) is 38.4 Å². The van der Waals surface area contributed by atoms with Crippen molar-refractivity contribution in [3.05, 3.63) is 83.9 Å². The molecule has 2 heteroatoms. The van der Waals surface area contributed by atoms with Crippen molar-refractivity contribution in [2.24, 2.45) is 0 Å². The maximum atomic E-state index is 11.1. The average Bonchev–Trinajstić information content (AvgIpc) is 2.78. The van der Waals surface area contributed by atoms with Gasteiger partial charge < -0.3 is 10.2 Å². The van der Waals surface area contributed by atoms with Crippen molar-refractivity contribution in [1.29, 1.82) is 0 Å². The predicted octanol–water partition coefficient (Wildman–Crippen LogP) is 6.25. The van der Waals surface area contributed by atoms with E-state index in [-0.39, 0.29) is 6.61 Å². The van der Waals surface area contributed by atoms with Crippen LogP contribution < -0.4 is 0 Å². The predicted molar refractivity (Wildman–Crippen MR) is 122 cm³/mol. The SMILES string of the molecule is CCC(O)(CC)Cc1ccc2ccccc2c1-c1c(CO)ccc2ccccc12. The second-order valence-corrected chi connectivity index (χ2v) is 7.91. The van der Waals surface area contributed by atoms with Crippen molar-refractivity contribution >= 4 is 21.5 Å². The van der Waals surface area contributed by atoms with E-state index in [1.54, 1.807) is 0 Å². The van der Waals surface area contributed by atoms with Crippen LogP contribution in [-0.2, 0) is 13.0 Å². The molecule has 0 spiro atoms. The molecule has 4 aromatic rings. The second kappa shape index (κ2) is 7.98. The standard InChI is InChI=1S/C27H28O2/c1-3-27(29,4-2)17-21-15-13-19-9-5-7-11-23(19)25(21)26-22(18-28)16-14-20-10-6-8-12-24(20)26/h5-16,28-29H,3-4,17-18H2,1-2H3. The van der Waals surface area contributed by atoms with E-state index in [1.807, 2.05) is 32.0 Å². The van der Waals surface area contributed by atoms with Crippen LogP contribution in [0.25, 0.3) is 32.7 Å². The Morgan fingerprint density at radius 2 is 1.14 bits per heavy atom. The van der Waals surface area contributed by atoms with Crippen LogP contribution in [0.5, 0.6) is 0 Å². The van der Waals surface area contributed by atoms with Crippen LogP contribution in [0.2, 0.25) is 0 Å². The molecule has 0 unspecified atom stereocenters. The molecule has 0 aliphatic carbocycles. The van der Waals surface area contributed by atoms with Crippen LogP contribution in [0.1, 0.15) is 37.8 Å². The van der Waals surface area contributed by atoms with Gasteiger partial charge in [0.05, 0.1) is 12.2 Å². The minimum absolute atomic E-state index is 0.0192. The van der Waals surface area contributed by atoms with E-state index in [9.17, 15) is 10.2 Å². The molecule has 4 rings (SSSR count). The number of fused-ring (bicyclic) bond motifs is 2. The van der Waals surface area contributed by atoms with Crippen molar-refractivity contribution in [2.45, 2.75) is 45.3 Å². The molecule has 0 atom stereocenters. The second-order valence-electron chi connectivity index (χ2n) is 7.91. The van der Waals surface area contributed by atoms with Crippen molar-refractivity contribution < 1.29 is 10.2 Å². The van der Waals surface area contributed by atoms with E-state index >= 15 is 0 Å².